The van der Waals surface area contributed by atoms with Crippen LogP contribution in [0.1, 0.15) is 6.92 Å². The summed E-state index contributed by atoms with van der Waals surface area (Å²) in [6, 6.07) is 0. The zero-order valence-corrected chi connectivity index (χ0v) is 3.79. The van der Waals surface area contributed by atoms with Crippen LogP contribution in [0.25, 0.3) is 0 Å². The Bertz CT molecular complexity index is 74.4. The van der Waals surface area contributed by atoms with Gasteiger partial charge >= 0.3 is 36.9 Å². The molecule has 0 aromatic carbocycles. The first kappa shape index (κ1) is 11.3. The fourth-order valence-corrected chi connectivity index (χ4v) is 0.148. The molecule has 0 aromatic rings. The van der Waals surface area contributed by atoms with Crippen molar-refractivity contribution in [3.8, 4) is 0 Å². The van der Waals surface area contributed by atoms with Gasteiger partial charge in [0.1, 0.15) is 0 Å². The van der Waals surface area contributed by atoms with Crippen LogP contribution in [0.3, 0.4) is 0 Å². The van der Waals surface area contributed by atoms with Crippen molar-refractivity contribution in [1.82, 2.24) is 0 Å². The number of carbonyl (C=O) groups excluding carboxylic acids is 1. The van der Waals surface area contributed by atoms with E-state index >= 15 is 0 Å². The van der Waals surface area contributed by atoms with Crippen LogP contribution in [0.15, 0.2) is 0 Å². The summed E-state index contributed by atoms with van der Waals surface area (Å²) in [6.45, 7) is 1.08. The van der Waals surface area contributed by atoms with Gasteiger partial charge in [-0.2, -0.15) is 0 Å². The first-order valence-corrected chi connectivity index (χ1v) is 1.66. The average molecular weight is 128 g/mol. The van der Waals surface area contributed by atoms with Crippen molar-refractivity contribution in [2.75, 3.05) is 0 Å². The molecule has 0 unspecified atom stereocenters. The standard InChI is InChI=1S/C2H5BO4.Na.H/c1-2(4)7-3(5)6;;/h5-6H,1H3;;. The third kappa shape index (κ3) is 9.68. The molecule has 0 fully saturated rings. The molecular weight excluding hydrogens is 122 g/mol. The van der Waals surface area contributed by atoms with Gasteiger partial charge in [0.05, 0.1) is 0 Å². The van der Waals surface area contributed by atoms with E-state index in [-0.39, 0.29) is 29.6 Å². The van der Waals surface area contributed by atoms with E-state index in [0.717, 1.165) is 6.92 Å². The SMILES string of the molecule is CC(=O)OB(O)O.[NaH]. The molecule has 42 valence electrons. The van der Waals surface area contributed by atoms with E-state index in [1.165, 1.54) is 0 Å². The fraction of sp³-hybridized carbons (Fsp3) is 0.500. The van der Waals surface area contributed by atoms with Crippen molar-refractivity contribution in [3.63, 3.8) is 0 Å². The number of hydrogen-bond donors (Lipinski definition) is 2. The van der Waals surface area contributed by atoms with Crippen LogP contribution in [-0.4, -0.2) is 52.9 Å². The van der Waals surface area contributed by atoms with Gasteiger partial charge in [0.25, 0.3) is 5.97 Å². The molecule has 0 aliphatic carbocycles. The number of rotatable bonds is 1. The summed E-state index contributed by atoms with van der Waals surface area (Å²) < 4.78 is 3.72. The van der Waals surface area contributed by atoms with Crippen LogP contribution in [0.5, 0.6) is 0 Å². The van der Waals surface area contributed by atoms with Gasteiger partial charge in [-0.25, -0.2) is 0 Å². The molecule has 6 heteroatoms. The molecular formula is C2H6BNaO4. The van der Waals surface area contributed by atoms with E-state index in [4.69, 9.17) is 10.0 Å². The van der Waals surface area contributed by atoms with Gasteiger partial charge in [0.15, 0.2) is 0 Å². The van der Waals surface area contributed by atoms with E-state index in [2.05, 4.69) is 4.65 Å². The van der Waals surface area contributed by atoms with Crippen molar-refractivity contribution in [2.24, 2.45) is 0 Å². The molecule has 0 rings (SSSR count). The Kier molecular flexibility index (Phi) is 7.88. The second-order valence-corrected chi connectivity index (χ2v) is 0.936. The van der Waals surface area contributed by atoms with Crippen LogP contribution in [0.4, 0.5) is 0 Å². The second kappa shape index (κ2) is 5.59. The maximum absolute atomic E-state index is 9.71. The third-order valence-corrected chi connectivity index (χ3v) is 0.271. The topological polar surface area (TPSA) is 66.8 Å². The monoisotopic (exact) mass is 128 g/mol. The number of hydrogen-bond acceptors (Lipinski definition) is 4. The summed E-state index contributed by atoms with van der Waals surface area (Å²) in [5.74, 6) is -0.713. The molecule has 0 radical (unpaired) electrons. The molecule has 8 heavy (non-hydrogen) atoms. The predicted molar refractivity (Wildman–Crippen MR) is 29.1 cm³/mol. The van der Waals surface area contributed by atoms with Crippen molar-refractivity contribution >= 4 is 42.8 Å². The normalized spacial score (nSPS) is 6.88. The fourth-order valence-electron chi connectivity index (χ4n) is 0.148. The summed E-state index contributed by atoms with van der Waals surface area (Å²) in [6.07, 6.45) is 0. The van der Waals surface area contributed by atoms with E-state index in [9.17, 15) is 4.79 Å². The van der Waals surface area contributed by atoms with Crippen molar-refractivity contribution in [1.29, 1.82) is 0 Å². The van der Waals surface area contributed by atoms with Gasteiger partial charge in [0.2, 0.25) is 0 Å². The molecule has 0 heterocycles. The minimum absolute atomic E-state index is 0. The molecule has 0 aliphatic heterocycles. The molecule has 2 N–H and O–H groups in total. The average Bonchev–Trinajstić information content (AvgIpc) is 1.27. The Labute approximate surface area is 69.3 Å². The molecule has 0 saturated carbocycles. The molecule has 0 atom stereocenters. The Balaban J connectivity index is 0. The van der Waals surface area contributed by atoms with Crippen LogP contribution in [0, 0.1) is 0 Å². The Morgan fingerprint density at radius 2 is 2.00 bits per heavy atom. The number of carbonyl (C=O) groups is 1. The Morgan fingerprint density at radius 3 is 2.00 bits per heavy atom. The van der Waals surface area contributed by atoms with Gasteiger partial charge < -0.3 is 14.7 Å². The van der Waals surface area contributed by atoms with Crippen molar-refractivity contribution in [2.45, 2.75) is 6.92 Å². The van der Waals surface area contributed by atoms with E-state index < -0.39 is 13.3 Å². The molecule has 0 aliphatic rings. The van der Waals surface area contributed by atoms with Crippen molar-refractivity contribution in [3.05, 3.63) is 0 Å². The van der Waals surface area contributed by atoms with E-state index in [1.807, 2.05) is 0 Å². The first-order chi connectivity index (χ1) is 3.13. The Morgan fingerprint density at radius 1 is 1.62 bits per heavy atom. The minimum atomic E-state index is -1.97. The van der Waals surface area contributed by atoms with Gasteiger partial charge in [-0.1, -0.05) is 0 Å². The zero-order chi connectivity index (χ0) is 5.86. The summed E-state index contributed by atoms with van der Waals surface area (Å²) in [7, 11) is -1.97. The van der Waals surface area contributed by atoms with Gasteiger partial charge in [0, 0.05) is 6.92 Å². The summed E-state index contributed by atoms with van der Waals surface area (Å²) in [5.41, 5.74) is 0. The van der Waals surface area contributed by atoms with Crippen LogP contribution < -0.4 is 0 Å². The second-order valence-electron chi connectivity index (χ2n) is 0.936. The molecule has 0 bridgehead atoms. The molecule has 0 spiro atoms. The van der Waals surface area contributed by atoms with Crippen molar-refractivity contribution < 1.29 is 19.5 Å². The first-order valence-electron chi connectivity index (χ1n) is 1.66. The molecule has 0 amide bonds. The van der Waals surface area contributed by atoms with Gasteiger partial charge in [-0.3, -0.25) is 4.79 Å². The summed E-state index contributed by atoms with van der Waals surface area (Å²) in [5, 5.41) is 15.7. The third-order valence-electron chi connectivity index (χ3n) is 0.271. The van der Waals surface area contributed by atoms with Crippen LogP contribution in [0.2, 0.25) is 0 Å². The molecule has 4 nitrogen and oxygen atoms in total. The van der Waals surface area contributed by atoms with Crippen LogP contribution >= 0.6 is 0 Å². The quantitative estimate of drug-likeness (QED) is 0.396. The van der Waals surface area contributed by atoms with Gasteiger partial charge in [-0.05, 0) is 0 Å². The van der Waals surface area contributed by atoms with Gasteiger partial charge in [-0.15, -0.1) is 0 Å². The van der Waals surface area contributed by atoms with Crippen LogP contribution in [-0.2, 0) is 9.45 Å². The van der Waals surface area contributed by atoms with E-state index in [0.29, 0.717) is 0 Å². The maximum atomic E-state index is 9.71. The van der Waals surface area contributed by atoms with E-state index in [1.54, 1.807) is 0 Å². The molecule has 0 aromatic heterocycles. The molecule has 0 saturated heterocycles. The summed E-state index contributed by atoms with van der Waals surface area (Å²) >= 11 is 0. The zero-order valence-electron chi connectivity index (χ0n) is 3.79. The predicted octanol–water partition coefficient (Wildman–Crippen LogP) is -2.13. The Hall–Kier alpha value is 0.455. The summed E-state index contributed by atoms with van der Waals surface area (Å²) in [4.78, 5) is 9.71.